The summed E-state index contributed by atoms with van der Waals surface area (Å²) in [5.74, 6) is -0.0348. The molecule has 0 atom stereocenters. The fourth-order valence-corrected chi connectivity index (χ4v) is 5.15. The van der Waals surface area contributed by atoms with Crippen LogP contribution in [0, 0.1) is 0 Å². The monoisotopic (exact) mass is 581 g/mol. The van der Waals surface area contributed by atoms with Gasteiger partial charge in [-0.1, -0.05) is 38.8 Å². The third-order valence-electron chi connectivity index (χ3n) is 6.79. The van der Waals surface area contributed by atoms with Crippen molar-refractivity contribution in [2.45, 2.75) is 70.2 Å². The van der Waals surface area contributed by atoms with E-state index in [2.05, 4.69) is 10.7 Å². The molecule has 2 aromatic rings. The second kappa shape index (κ2) is 12.9. The zero-order chi connectivity index (χ0) is 29.7. The minimum atomic E-state index is -4.51. The Morgan fingerprint density at radius 2 is 1.73 bits per heavy atom. The van der Waals surface area contributed by atoms with Gasteiger partial charge in [0, 0.05) is 43.2 Å². The predicted octanol–water partition coefficient (Wildman–Crippen LogP) is 4.36. The molecule has 13 heteroatoms. The van der Waals surface area contributed by atoms with E-state index in [1.807, 2.05) is 17.0 Å². The topological polar surface area (TPSA) is 132 Å². The van der Waals surface area contributed by atoms with Crippen LogP contribution in [-0.4, -0.2) is 51.5 Å². The van der Waals surface area contributed by atoms with Gasteiger partial charge in [-0.05, 0) is 53.1 Å². The molecule has 1 aromatic heterocycles. The maximum Gasteiger partial charge on any atom is 0.417 e. The number of amides is 3. The number of benzene rings is 1. The normalized spacial score (nSPS) is 15.7. The Hall–Kier alpha value is -3.32. The lowest BCUT2D eigenvalue weighted by Crippen LogP contribution is -2.39. The minimum absolute atomic E-state index is 0.0348. The number of pyridine rings is 1. The Labute approximate surface area is 235 Å². The van der Waals surface area contributed by atoms with Crippen LogP contribution in [0.25, 0.3) is 0 Å². The molecule has 4 N–H and O–H groups in total. The Balaban J connectivity index is 0.00000141. The van der Waals surface area contributed by atoms with Crippen LogP contribution in [0.1, 0.15) is 71.9 Å². The lowest BCUT2D eigenvalue weighted by molar-refractivity contribution is -0.138. The van der Waals surface area contributed by atoms with Crippen molar-refractivity contribution in [1.29, 1.82) is 0 Å². The van der Waals surface area contributed by atoms with E-state index in [4.69, 9.17) is 14.7 Å². The van der Waals surface area contributed by atoms with Gasteiger partial charge in [-0.3, -0.25) is 24.6 Å². The molecule has 3 amide bonds. The van der Waals surface area contributed by atoms with Crippen molar-refractivity contribution in [3.8, 4) is 0 Å². The van der Waals surface area contributed by atoms with Crippen LogP contribution in [0.2, 0.25) is 0 Å². The van der Waals surface area contributed by atoms with Crippen LogP contribution in [-0.2, 0) is 40.8 Å². The second-order valence-corrected chi connectivity index (χ2v) is 11.6. The maximum atomic E-state index is 13.2. The standard InChI is InChI=1S/C26H31F3N4O3S.CH3NO/c1-25(2,3)21-11-19(26(27,28)29)12-31-22(21)15-36-24(35)33-13-17-5-4-16(10-18(17)14-33)23(34)32-8-6-20(37-30)7-9-32;2-1-3/h4-5,10-12,20H,6-9,13-15,30H2,1-3H3;1H,(H2,2,3). The molecule has 9 nitrogen and oxygen atoms in total. The van der Waals surface area contributed by atoms with Crippen molar-refractivity contribution in [3.63, 3.8) is 0 Å². The number of hydrogen-bond donors (Lipinski definition) is 2. The lowest BCUT2D eigenvalue weighted by atomic mass is 9.85. The van der Waals surface area contributed by atoms with Crippen molar-refractivity contribution in [3.05, 3.63) is 64.0 Å². The van der Waals surface area contributed by atoms with Gasteiger partial charge in [-0.25, -0.2) is 4.79 Å². The molecule has 0 saturated carbocycles. The van der Waals surface area contributed by atoms with Crippen molar-refractivity contribution in [2.75, 3.05) is 13.1 Å². The summed E-state index contributed by atoms with van der Waals surface area (Å²) < 4.78 is 45.0. The summed E-state index contributed by atoms with van der Waals surface area (Å²) in [7, 11) is 0. The van der Waals surface area contributed by atoms with Crippen LogP contribution in [0.5, 0.6) is 0 Å². The molecule has 218 valence electrons. The number of fused-ring (bicyclic) bond motifs is 1. The summed E-state index contributed by atoms with van der Waals surface area (Å²) >= 11 is 1.34. The quantitative estimate of drug-likeness (QED) is 0.405. The van der Waals surface area contributed by atoms with Gasteiger partial charge >= 0.3 is 12.3 Å². The number of likely N-dealkylation sites (tertiary alicyclic amines) is 1. The number of carbonyl (C=O) groups is 3. The molecule has 1 fully saturated rings. The van der Waals surface area contributed by atoms with Crippen molar-refractivity contribution >= 4 is 30.4 Å². The van der Waals surface area contributed by atoms with Crippen LogP contribution in [0.3, 0.4) is 0 Å². The van der Waals surface area contributed by atoms with Crippen LogP contribution < -0.4 is 10.9 Å². The van der Waals surface area contributed by atoms with E-state index in [-0.39, 0.29) is 31.2 Å². The fraction of sp³-hybridized carbons (Fsp3) is 0.481. The first kappa shape index (κ1) is 31.2. The highest BCUT2D eigenvalue weighted by molar-refractivity contribution is 7.97. The van der Waals surface area contributed by atoms with Gasteiger partial charge in [0.15, 0.2) is 0 Å². The molecule has 2 aliphatic rings. The lowest BCUT2D eigenvalue weighted by Gasteiger charge is -2.31. The van der Waals surface area contributed by atoms with Crippen LogP contribution in [0.4, 0.5) is 18.0 Å². The highest BCUT2D eigenvalue weighted by atomic mass is 32.2. The van der Waals surface area contributed by atoms with Gasteiger partial charge in [-0.2, -0.15) is 13.2 Å². The highest BCUT2D eigenvalue weighted by Gasteiger charge is 2.34. The SMILES string of the molecule is CC(C)(C)c1cc(C(F)(F)F)cnc1COC(=O)N1Cc2ccc(C(=O)N3CCC(SN)CC3)cc2C1.NC=O. The van der Waals surface area contributed by atoms with Gasteiger partial charge in [0.25, 0.3) is 5.91 Å². The van der Waals surface area contributed by atoms with Gasteiger partial charge in [0.05, 0.1) is 11.3 Å². The molecular formula is C27H34F3N5O4S. The molecule has 1 saturated heterocycles. The largest absolute Gasteiger partial charge is 0.443 e. The van der Waals surface area contributed by atoms with E-state index >= 15 is 0 Å². The maximum absolute atomic E-state index is 13.2. The predicted molar refractivity (Wildman–Crippen MR) is 145 cm³/mol. The third kappa shape index (κ3) is 7.66. The summed E-state index contributed by atoms with van der Waals surface area (Å²) in [6.45, 7) is 7.05. The summed E-state index contributed by atoms with van der Waals surface area (Å²) in [5.41, 5.74) is 5.74. The van der Waals surface area contributed by atoms with E-state index in [0.717, 1.165) is 36.2 Å². The van der Waals surface area contributed by atoms with E-state index in [1.165, 1.54) is 16.8 Å². The number of aromatic nitrogens is 1. The average Bonchev–Trinajstić information content (AvgIpc) is 3.34. The number of piperidine rings is 1. The van der Waals surface area contributed by atoms with Gasteiger partial charge < -0.3 is 15.4 Å². The van der Waals surface area contributed by atoms with E-state index < -0.39 is 23.2 Å². The number of carbonyl (C=O) groups excluding carboxylic acids is 3. The molecule has 0 unspecified atom stereocenters. The van der Waals surface area contributed by atoms with Crippen LogP contribution in [0.15, 0.2) is 30.5 Å². The number of nitrogens with zero attached hydrogens (tertiary/aromatic N) is 3. The fourth-order valence-electron chi connectivity index (χ4n) is 4.67. The number of hydrogen-bond acceptors (Lipinski definition) is 7. The Morgan fingerprint density at radius 1 is 1.10 bits per heavy atom. The summed E-state index contributed by atoms with van der Waals surface area (Å²) in [6, 6.07) is 6.52. The van der Waals surface area contributed by atoms with Crippen molar-refractivity contribution in [1.82, 2.24) is 14.8 Å². The molecule has 0 aliphatic carbocycles. The summed E-state index contributed by atoms with van der Waals surface area (Å²) in [4.78, 5) is 41.7. The van der Waals surface area contributed by atoms with Crippen molar-refractivity contribution < 1.29 is 32.3 Å². The number of ether oxygens (including phenoxy) is 1. The molecule has 40 heavy (non-hydrogen) atoms. The first-order chi connectivity index (χ1) is 18.8. The number of rotatable bonds is 4. The molecule has 2 aliphatic heterocycles. The van der Waals surface area contributed by atoms with Gasteiger partial charge in [0.2, 0.25) is 6.41 Å². The van der Waals surface area contributed by atoms with Gasteiger partial charge in [0.1, 0.15) is 6.61 Å². The number of alkyl halides is 3. The number of halogens is 3. The van der Waals surface area contributed by atoms with Crippen molar-refractivity contribution in [2.24, 2.45) is 10.9 Å². The molecule has 4 rings (SSSR count). The molecule has 0 spiro atoms. The zero-order valence-electron chi connectivity index (χ0n) is 22.7. The molecule has 0 bridgehead atoms. The first-order valence-electron chi connectivity index (χ1n) is 12.7. The molecule has 0 radical (unpaired) electrons. The third-order valence-corrected chi connectivity index (χ3v) is 7.65. The highest BCUT2D eigenvalue weighted by Crippen LogP contribution is 2.34. The zero-order valence-corrected chi connectivity index (χ0v) is 23.5. The molecular weight excluding hydrogens is 547 g/mol. The summed E-state index contributed by atoms with van der Waals surface area (Å²) in [5, 5.41) is 6.04. The smallest absolute Gasteiger partial charge is 0.417 e. The average molecular weight is 582 g/mol. The van der Waals surface area contributed by atoms with Gasteiger partial charge in [-0.15, -0.1) is 0 Å². The summed E-state index contributed by atoms with van der Waals surface area (Å²) in [6.07, 6.45) is -2.36. The molecule has 3 heterocycles. The number of nitrogens with two attached hydrogens (primary N) is 2. The Morgan fingerprint density at radius 3 is 2.30 bits per heavy atom. The number of primary amides is 1. The Kier molecular flexibility index (Phi) is 10.1. The second-order valence-electron chi connectivity index (χ2n) is 10.6. The Bertz CT molecular complexity index is 1230. The van der Waals surface area contributed by atoms with Crippen LogP contribution >= 0.6 is 11.9 Å². The minimum Gasteiger partial charge on any atom is -0.443 e. The van der Waals surface area contributed by atoms with E-state index in [9.17, 15) is 22.8 Å². The molecule has 1 aromatic carbocycles. The van der Waals surface area contributed by atoms with E-state index in [0.29, 0.717) is 36.0 Å². The van der Waals surface area contributed by atoms with E-state index in [1.54, 1.807) is 26.8 Å². The first-order valence-corrected chi connectivity index (χ1v) is 13.6.